The molecule has 0 amide bonds. The lowest BCUT2D eigenvalue weighted by molar-refractivity contribution is -0.274. The second-order valence-electron chi connectivity index (χ2n) is 6.03. The van der Waals surface area contributed by atoms with E-state index in [1.807, 2.05) is 0 Å². The van der Waals surface area contributed by atoms with Crippen LogP contribution in [-0.2, 0) is 10.0 Å². The molecule has 0 radical (unpaired) electrons. The van der Waals surface area contributed by atoms with Gasteiger partial charge in [-0.05, 0) is 42.8 Å². The summed E-state index contributed by atoms with van der Waals surface area (Å²) in [7, 11) is -4.67. The van der Waals surface area contributed by atoms with Gasteiger partial charge in [-0.15, -0.1) is 13.2 Å². The molecule has 0 atom stereocenters. The van der Waals surface area contributed by atoms with Gasteiger partial charge < -0.3 is 4.74 Å². The normalized spacial score (nSPS) is 12.2. The molecule has 6 nitrogen and oxygen atoms in total. The fourth-order valence-corrected chi connectivity index (χ4v) is 4.17. The Morgan fingerprint density at radius 1 is 1.10 bits per heavy atom. The predicted molar refractivity (Wildman–Crippen MR) is 98.1 cm³/mol. The molecule has 1 aromatic heterocycles. The largest absolute Gasteiger partial charge is 0.573 e. The Morgan fingerprint density at radius 2 is 1.70 bits per heavy atom. The third-order valence-corrected chi connectivity index (χ3v) is 5.60. The van der Waals surface area contributed by atoms with Crippen LogP contribution in [0.4, 0.5) is 22.0 Å². The Hall–Kier alpha value is -2.77. The van der Waals surface area contributed by atoms with E-state index in [-0.39, 0.29) is 22.5 Å². The van der Waals surface area contributed by atoms with Gasteiger partial charge in [0.05, 0.1) is 11.4 Å². The number of nitrogens with two attached hydrogens (primary N) is 1. The van der Waals surface area contributed by atoms with Crippen molar-refractivity contribution in [3.05, 3.63) is 62.6 Å². The number of halogens is 5. The zero-order valence-corrected chi connectivity index (χ0v) is 16.5. The summed E-state index contributed by atoms with van der Waals surface area (Å²) in [6.45, 7) is 1.32. The number of aryl methyl sites for hydroxylation is 1. The minimum atomic E-state index is -4.91. The molecule has 0 fully saturated rings. The number of aromatic nitrogens is 1. The van der Waals surface area contributed by atoms with Crippen LogP contribution in [0.5, 0.6) is 5.75 Å². The van der Waals surface area contributed by atoms with E-state index in [1.54, 1.807) is 0 Å². The highest BCUT2D eigenvalue weighted by Crippen LogP contribution is 2.31. The number of hydrogen-bond acceptors (Lipinski definition) is 5. The van der Waals surface area contributed by atoms with Gasteiger partial charge in [-0.2, -0.15) is 0 Å². The summed E-state index contributed by atoms with van der Waals surface area (Å²) >= 11 is 0.671. The molecule has 0 spiro atoms. The molecule has 0 aliphatic heterocycles. The summed E-state index contributed by atoms with van der Waals surface area (Å²) in [6.07, 6.45) is -4.91. The summed E-state index contributed by atoms with van der Waals surface area (Å²) in [5.41, 5.74) is -0.0212. The average Bonchev–Trinajstić information content (AvgIpc) is 2.95. The number of ether oxygens (including phenoxy) is 1. The highest BCUT2D eigenvalue weighted by atomic mass is 32.2. The monoisotopic (exact) mass is 466 g/mol. The number of thiazole rings is 1. The van der Waals surface area contributed by atoms with E-state index in [2.05, 4.69) is 4.74 Å². The molecule has 0 aliphatic rings. The highest BCUT2D eigenvalue weighted by molar-refractivity contribution is 7.89. The smallest absolute Gasteiger partial charge is 0.406 e. The van der Waals surface area contributed by atoms with Gasteiger partial charge in [-0.3, -0.25) is 9.36 Å². The second-order valence-corrected chi connectivity index (χ2v) is 8.35. The molecule has 30 heavy (non-hydrogen) atoms. The van der Waals surface area contributed by atoms with Crippen molar-refractivity contribution >= 4 is 21.4 Å². The van der Waals surface area contributed by atoms with Crippen molar-refractivity contribution in [2.75, 3.05) is 0 Å². The lowest BCUT2D eigenvalue weighted by Gasteiger charge is -2.14. The van der Waals surface area contributed by atoms with Gasteiger partial charge in [0.1, 0.15) is 17.4 Å². The van der Waals surface area contributed by atoms with Gasteiger partial charge in [-0.1, -0.05) is 11.3 Å². The molecule has 2 N–H and O–H groups in total. The summed E-state index contributed by atoms with van der Waals surface area (Å²) in [4.78, 5) is 10.4. The van der Waals surface area contributed by atoms with Crippen molar-refractivity contribution in [2.45, 2.75) is 18.2 Å². The van der Waals surface area contributed by atoms with Crippen LogP contribution in [0.25, 0.3) is 16.9 Å². The third kappa shape index (κ3) is 4.37. The molecule has 160 valence electrons. The van der Waals surface area contributed by atoms with Crippen molar-refractivity contribution in [3.63, 3.8) is 0 Å². The molecule has 1 heterocycles. The maximum absolute atomic E-state index is 14.2. The molecule has 0 unspecified atom stereocenters. The Bertz CT molecular complexity index is 1270. The van der Waals surface area contributed by atoms with Gasteiger partial charge in [0, 0.05) is 10.9 Å². The Labute approximate surface area is 170 Å². The van der Waals surface area contributed by atoms with Crippen LogP contribution in [0.2, 0.25) is 0 Å². The summed E-state index contributed by atoms with van der Waals surface area (Å²) < 4.78 is 93.3. The van der Waals surface area contributed by atoms with Crippen molar-refractivity contribution in [1.29, 1.82) is 0 Å². The van der Waals surface area contributed by atoms with Gasteiger partial charge in [0.15, 0.2) is 4.90 Å². The molecular formula is C17H11F5N2O4S2. The standard InChI is InChI=1S/C17H11F5N2O4S2/c1-8-4-10(2-3-14(8)28-17(20,21)22)24-13(7-29-16(24)25)9-5-11(18)15(12(19)6-9)30(23,26)27/h2-7H,1H3,(H2,23,26,27). The first-order valence-electron chi connectivity index (χ1n) is 7.87. The molecule has 2 aromatic carbocycles. The summed E-state index contributed by atoms with van der Waals surface area (Å²) in [5.74, 6) is -3.39. The number of rotatable bonds is 4. The number of primary sulfonamides is 1. The lowest BCUT2D eigenvalue weighted by Crippen LogP contribution is -2.18. The quantitative estimate of drug-likeness (QED) is 0.594. The summed E-state index contributed by atoms with van der Waals surface area (Å²) in [6, 6.07) is 4.77. The Balaban J connectivity index is 2.14. The number of nitrogens with zero attached hydrogens (tertiary/aromatic N) is 1. The number of alkyl halides is 3. The minimum Gasteiger partial charge on any atom is -0.406 e. The van der Waals surface area contributed by atoms with E-state index in [0.717, 1.165) is 16.7 Å². The highest BCUT2D eigenvalue weighted by Gasteiger charge is 2.32. The van der Waals surface area contributed by atoms with Gasteiger partial charge in [0.25, 0.3) is 0 Å². The van der Waals surface area contributed by atoms with Crippen molar-refractivity contribution in [1.82, 2.24) is 4.57 Å². The maximum Gasteiger partial charge on any atom is 0.573 e. The number of benzene rings is 2. The maximum atomic E-state index is 14.2. The molecule has 0 aliphatic carbocycles. The zero-order chi connectivity index (χ0) is 22.4. The fourth-order valence-electron chi connectivity index (χ4n) is 2.74. The van der Waals surface area contributed by atoms with E-state index in [4.69, 9.17) is 5.14 Å². The van der Waals surface area contributed by atoms with E-state index < -0.39 is 43.5 Å². The Morgan fingerprint density at radius 3 is 2.20 bits per heavy atom. The molecule has 3 rings (SSSR count). The third-order valence-electron chi connectivity index (χ3n) is 3.92. The van der Waals surface area contributed by atoms with Crippen LogP contribution < -0.4 is 14.7 Å². The second kappa shape index (κ2) is 7.49. The summed E-state index contributed by atoms with van der Waals surface area (Å²) in [5, 5.41) is 6.06. The minimum absolute atomic E-state index is 0.00680. The average molecular weight is 466 g/mol. The van der Waals surface area contributed by atoms with E-state index >= 15 is 0 Å². The van der Waals surface area contributed by atoms with Crippen LogP contribution in [0.15, 0.2) is 45.4 Å². The van der Waals surface area contributed by atoms with Gasteiger partial charge in [0.2, 0.25) is 10.0 Å². The lowest BCUT2D eigenvalue weighted by atomic mass is 10.1. The van der Waals surface area contributed by atoms with Crippen LogP contribution in [0.3, 0.4) is 0 Å². The van der Waals surface area contributed by atoms with Crippen molar-refractivity contribution in [3.8, 4) is 22.7 Å². The topological polar surface area (TPSA) is 91.4 Å². The molecule has 0 bridgehead atoms. The number of hydrogen-bond donors (Lipinski definition) is 1. The molecular weight excluding hydrogens is 455 g/mol. The molecule has 3 aromatic rings. The van der Waals surface area contributed by atoms with Crippen molar-refractivity contribution in [2.24, 2.45) is 5.14 Å². The van der Waals surface area contributed by atoms with Crippen molar-refractivity contribution < 1.29 is 35.1 Å². The predicted octanol–water partition coefficient (Wildman–Crippen LogP) is 3.70. The van der Waals surface area contributed by atoms with E-state index in [0.29, 0.717) is 23.5 Å². The van der Waals surface area contributed by atoms with Gasteiger partial charge in [-0.25, -0.2) is 22.3 Å². The van der Waals surface area contributed by atoms with Gasteiger partial charge >= 0.3 is 11.2 Å². The number of sulfonamides is 1. The first-order chi connectivity index (χ1) is 13.8. The Kier molecular flexibility index (Phi) is 5.47. The molecule has 13 heteroatoms. The van der Waals surface area contributed by atoms with E-state index in [9.17, 15) is 35.2 Å². The van der Waals surface area contributed by atoms with Crippen LogP contribution in [0, 0.1) is 18.6 Å². The molecule has 0 saturated carbocycles. The fraction of sp³-hybridized carbons (Fsp3) is 0.118. The van der Waals surface area contributed by atoms with Crippen LogP contribution >= 0.6 is 11.3 Å². The van der Waals surface area contributed by atoms with Crippen LogP contribution in [-0.4, -0.2) is 19.3 Å². The van der Waals surface area contributed by atoms with Crippen LogP contribution in [0.1, 0.15) is 5.56 Å². The van der Waals surface area contributed by atoms with E-state index in [1.165, 1.54) is 18.4 Å². The first kappa shape index (κ1) is 21.9. The first-order valence-corrected chi connectivity index (χ1v) is 10.3. The SMILES string of the molecule is Cc1cc(-n2c(-c3cc(F)c(S(N)(=O)=O)c(F)c3)csc2=O)ccc1OC(F)(F)F. The molecule has 0 saturated heterocycles. The zero-order valence-electron chi connectivity index (χ0n) is 14.8.